The zero-order chi connectivity index (χ0) is 16.0. The summed E-state index contributed by atoms with van der Waals surface area (Å²) in [6, 6.07) is 3.90. The molecule has 122 valence electrons. The molecular weight excluding hydrogens is 302 g/mol. The summed E-state index contributed by atoms with van der Waals surface area (Å²) in [5.74, 6) is 0.343. The molecule has 0 aliphatic carbocycles. The lowest BCUT2D eigenvalue weighted by Gasteiger charge is -2.22. The Morgan fingerprint density at radius 2 is 2.14 bits per heavy atom. The van der Waals surface area contributed by atoms with Crippen molar-refractivity contribution < 1.29 is 13.2 Å². The lowest BCUT2D eigenvalue weighted by Crippen LogP contribution is -2.41. The summed E-state index contributed by atoms with van der Waals surface area (Å²) in [7, 11) is -1.10. The first-order valence-corrected chi connectivity index (χ1v) is 9.35. The first kappa shape index (κ1) is 16.9. The Morgan fingerprint density at radius 1 is 1.41 bits per heavy atom. The van der Waals surface area contributed by atoms with E-state index in [-0.39, 0.29) is 30.0 Å². The number of carbonyl (C=O) groups is 1. The molecule has 0 radical (unpaired) electrons. The highest BCUT2D eigenvalue weighted by molar-refractivity contribution is 7.91. The summed E-state index contributed by atoms with van der Waals surface area (Å²) in [4.78, 5) is 17.7. The molecule has 0 unspecified atom stereocenters. The summed E-state index contributed by atoms with van der Waals surface area (Å²) in [5.41, 5.74) is 1.21. The molecule has 1 aliphatic heterocycles. The molecule has 0 bridgehead atoms. The molecule has 1 N–H and O–H groups in total. The van der Waals surface area contributed by atoms with Crippen molar-refractivity contribution in [2.24, 2.45) is 0 Å². The largest absolute Gasteiger partial charge is 0.355 e. The SMILES string of the molecule is CN(CC(=O)NCCCc1ccncc1)[C@@H]1CCS(=O)(=O)C1. The van der Waals surface area contributed by atoms with Crippen LogP contribution in [0.3, 0.4) is 0 Å². The smallest absolute Gasteiger partial charge is 0.234 e. The van der Waals surface area contributed by atoms with Gasteiger partial charge >= 0.3 is 0 Å². The molecule has 2 heterocycles. The van der Waals surface area contributed by atoms with E-state index in [1.807, 2.05) is 24.1 Å². The summed E-state index contributed by atoms with van der Waals surface area (Å²) >= 11 is 0. The topological polar surface area (TPSA) is 79.4 Å². The third-order valence-corrected chi connectivity index (χ3v) is 5.69. The first-order valence-electron chi connectivity index (χ1n) is 7.52. The van der Waals surface area contributed by atoms with Gasteiger partial charge in [-0.25, -0.2) is 8.42 Å². The molecule has 22 heavy (non-hydrogen) atoms. The molecule has 1 aromatic heterocycles. The van der Waals surface area contributed by atoms with Crippen LogP contribution in [0.2, 0.25) is 0 Å². The van der Waals surface area contributed by atoms with Gasteiger partial charge in [-0.1, -0.05) is 0 Å². The van der Waals surface area contributed by atoms with Crippen LogP contribution in [0.5, 0.6) is 0 Å². The summed E-state index contributed by atoms with van der Waals surface area (Å²) in [5, 5.41) is 2.88. The Bertz CT molecular complexity index is 589. The van der Waals surface area contributed by atoms with Crippen LogP contribution in [0, 0.1) is 0 Å². The van der Waals surface area contributed by atoms with Crippen LogP contribution in [0.25, 0.3) is 0 Å². The molecule has 1 atom stereocenters. The molecule has 0 aromatic carbocycles. The maximum atomic E-state index is 11.9. The number of nitrogens with one attached hydrogen (secondary N) is 1. The van der Waals surface area contributed by atoms with E-state index in [4.69, 9.17) is 0 Å². The van der Waals surface area contributed by atoms with E-state index in [9.17, 15) is 13.2 Å². The van der Waals surface area contributed by atoms with Crippen molar-refractivity contribution in [3.05, 3.63) is 30.1 Å². The molecule has 0 saturated carbocycles. The van der Waals surface area contributed by atoms with Gasteiger partial charge in [0.05, 0.1) is 18.1 Å². The van der Waals surface area contributed by atoms with Crippen molar-refractivity contribution in [1.82, 2.24) is 15.2 Å². The average Bonchev–Trinajstić information content (AvgIpc) is 2.85. The van der Waals surface area contributed by atoms with E-state index in [0.717, 1.165) is 12.8 Å². The Kier molecular flexibility index (Phi) is 5.90. The van der Waals surface area contributed by atoms with Gasteiger partial charge in [-0.15, -0.1) is 0 Å². The van der Waals surface area contributed by atoms with Gasteiger partial charge in [0.25, 0.3) is 0 Å². The number of amides is 1. The van der Waals surface area contributed by atoms with Gasteiger partial charge in [-0.3, -0.25) is 14.7 Å². The normalized spacial score (nSPS) is 20.2. The van der Waals surface area contributed by atoms with E-state index in [0.29, 0.717) is 13.0 Å². The highest BCUT2D eigenvalue weighted by Gasteiger charge is 2.31. The predicted molar refractivity (Wildman–Crippen MR) is 85.3 cm³/mol. The van der Waals surface area contributed by atoms with Crippen molar-refractivity contribution in [2.45, 2.75) is 25.3 Å². The number of likely N-dealkylation sites (N-methyl/N-ethyl adjacent to an activating group) is 1. The lowest BCUT2D eigenvalue weighted by molar-refractivity contribution is -0.122. The number of nitrogens with zero attached hydrogens (tertiary/aromatic N) is 2. The molecule has 0 spiro atoms. The molecule has 7 heteroatoms. The first-order chi connectivity index (χ1) is 10.5. The maximum absolute atomic E-state index is 11.9. The van der Waals surface area contributed by atoms with Crippen LogP contribution in [-0.4, -0.2) is 61.9 Å². The minimum atomic E-state index is -2.91. The minimum Gasteiger partial charge on any atom is -0.355 e. The number of hydrogen-bond donors (Lipinski definition) is 1. The van der Waals surface area contributed by atoms with E-state index < -0.39 is 9.84 Å². The van der Waals surface area contributed by atoms with E-state index in [1.165, 1.54) is 5.56 Å². The molecule has 1 aromatic rings. The molecule has 2 rings (SSSR count). The highest BCUT2D eigenvalue weighted by Crippen LogP contribution is 2.15. The Hall–Kier alpha value is -1.47. The fourth-order valence-corrected chi connectivity index (χ4v) is 4.41. The zero-order valence-electron chi connectivity index (χ0n) is 12.9. The second-order valence-electron chi connectivity index (χ2n) is 5.78. The average molecular weight is 325 g/mol. The number of hydrogen-bond acceptors (Lipinski definition) is 5. The van der Waals surface area contributed by atoms with Crippen molar-refractivity contribution in [1.29, 1.82) is 0 Å². The second kappa shape index (κ2) is 7.69. The van der Waals surface area contributed by atoms with Gasteiger partial charge in [-0.05, 0) is 44.0 Å². The minimum absolute atomic E-state index is 0.0347. The van der Waals surface area contributed by atoms with Gasteiger partial charge in [0.15, 0.2) is 9.84 Å². The Labute approximate surface area is 131 Å². The van der Waals surface area contributed by atoms with Gasteiger partial charge in [0.2, 0.25) is 5.91 Å². The quantitative estimate of drug-likeness (QED) is 0.727. The van der Waals surface area contributed by atoms with E-state index >= 15 is 0 Å². The van der Waals surface area contributed by atoms with Crippen molar-refractivity contribution in [2.75, 3.05) is 31.6 Å². The molecular formula is C15H23N3O3S. The summed E-state index contributed by atoms with van der Waals surface area (Å²) in [6.45, 7) is 0.868. The zero-order valence-corrected chi connectivity index (χ0v) is 13.7. The van der Waals surface area contributed by atoms with Crippen molar-refractivity contribution >= 4 is 15.7 Å². The fraction of sp³-hybridized carbons (Fsp3) is 0.600. The number of aryl methyl sites for hydroxylation is 1. The van der Waals surface area contributed by atoms with Crippen molar-refractivity contribution in [3.8, 4) is 0 Å². The lowest BCUT2D eigenvalue weighted by atomic mass is 10.1. The Balaban J connectivity index is 1.63. The van der Waals surface area contributed by atoms with E-state index in [2.05, 4.69) is 10.3 Å². The van der Waals surface area contributed by atoms with Gasteiger partial charge < -0.3 is 5.32 Å². The van der Waals surface area contributed by atoms with Gasteiger partial charge in [0.1, 0.15) is 0 Å². The second-order valence-corrected chi connectivity index (χ2v) is 8.01. The molecule has 1 fully saturated rings. The van der Waals surface area contributed by atoms with Gasteiger partial charge in [-0.2, -0.15) is 0 Å². The van der Waals surface area contributed by atoms with Crippen molar-refractivity contribution in [3.63, 3.8) is 0 Å². The third-order valence-electron chi connectivity index (χ3n) is 3.94. The number of aromatic nitrogens is 1. The number of pyridine rings is 1. The summed E-state index contributed by atoms with van der Waals surface area (Å²) < 4.78 is 22.9. The monoisotopic (exact) mass is 325 g/mol. The molecule has 6 nitrogen and oxygen atoms in total. The number of carbonyl (C=O) groups excluding carboxylic acids is 1. The van der Waals surface area contributed by atoms with Crippen LogP contribution in [0.15, 0.2) is 24.5 Å². The molecule has 1 aliphatic rings. The van der Waals surface area contributed by atoms with Crippen LogP contribution in [0.1, 0.15) is 18.4 Å². The molecule has 1 amide bonds. The van der Waals surface area contributed by atoms with E-state index in [1.54, 1.807) is 12.4 Å². The Morgan fingerprint density at radius 3 is 2.77 bits per heavy atom. The number of sulfone groups is 1. The third kappa shape index (κ3) is 5.38. The fourth-order valence-electron chi connectivity index (χ4n) is 2.60. The predicted octanol–water partition coefficient (Wildman–Crippen LogP) is 0.249. The highest BCUT2D eigenvalue weighted by atomic mass is 32.2. The number of rotatable bonds is 7. The summed E-state index contributed by atoms with van der Waals surface area (Å²) in [6.07, 6.45) is 5.92. The van der Waals surface area contributed by atoms with Crippen LogP contribution in [-0.2, 0) is 21.1 Å². The standard InChI is InChI=1S/C15H23N3O3S/c1-18(14-6-10-22(20,21)12-14)11-15(19)17-7-2-3-13-4-8-16-9-5-13/h4-5,8-9,14H,2-3,6-7,10-12H2,1H3,(H,17,19)/t14-/m1/s1. The molecule has 1 saturated heterocycles. The van der Waals surface area contributed by atoms with Crippen LogP contribution in [0.4, 0.5) is 0 Å². The van der Waals surface area contributed by atoms with Crippen LogP contribution < -0.4 is 5.32 Å². The van der Waals surface area contributed by atoms with Crippen LogP contribution >= 0.6 is 0 Å². The maximum Gasteiger partial charge on any atom is 0.234 e. The van der Waals surface area contributed by atoms with Gasteiger partial charge in [0, 0.05) is 25.0 Å².